The number of carbonyl (C=O) groups excluding carboxylic acids is 2. The number of benzene rings is 2. The number of para-hydroxylation sites is 2. The molecule has 0 saturated carbocycles. The van der Waals surface area contributed by atoms with Crippen molar-refractivity contribution in [1.29, 1.82) is 0 Å². The first-order valence-corrected chi connectivity index (χ1v) is 9.65. The van der Waals surface area contributed by atoms with Crippen LogP contribution in [0.5, 0.6) is 11.5 Å². The van der Waals surface area contributed by atoms with Crippen LogP contribution in [0, 0.1) is 5.82 Å². The third kappa shape index (κ3) is 4.65. The second-order valence-electron chi connectivity index (χ2n) is 7.17. The summed E-state index contributed by atoms with van der Waals surface area (Å²) in [5.41, 5.74) is 0.569. The molecule has 4 rings (SSSR count). The Morgan fingerprint density at radius 1 is 1.07 bits per heavy atom. The molecule has 2 aromatic carbocycles. The van der Waals surface area contributed by atoms with Crippen LogP contribution < -0.4 is 19.7 Å². The molecule has 2 heterocycles. The summed E-state index contributed by atoms with van der Waals surface area (Å²) in [5.74, 6) is 0.670. The van der Waals surface area contributed by atoms with Crippen LogP contribution in [0.25, 0.3) is 0 Å². The molecule has 152 valence electrons. The molecular weight excluding hydrogens is 377 g/mol. The molecule has 1 atom stereocenters. The highest BCUT2D eigenvalue weighted by molar-refractivity contribution is 5.91. The number of nitrogens with zero attached hydrogens (tertiary/aromatic N) is 1. The van der Waals surface area contributed by atoms with E-state index in [2.05, 4.69) is 5.32 Å². The van der Waals surface area contributed by atoms with Crippen LogP contribution in [0.2, 0.25) is 0 Å². The second kappa shape index (κ2) is 8.48. The van der Waals surface area contributed by atoms with Crippen molar-refractivity contribution in [3.63, 3.8) is 0 Å². The highest BCUT2D eigenvalue weighted by Crippen LogP contribution is 2.31. The van der Waals surface area contributed by atoms with E-state index >= 15 is 0 Å². The van der Waals surface area contributed by atoms with Gasteiger partial charge >= 0.3 is 0 Å². The molecule has 0 unspecified atom stereocenters. The Balaban J connectivity index is 1.24. The van der Waals surface area contributed by atoms with Crippen molar-refractivity contribution in [1.82, 2.24) is 4.90 Å². The Morgan fingerprint density at radius 2 is 1.76 bits per heavy atom. The minimum atomic E-state index is -0.645. The second-order valence-corrected chi connectivity index (χ2v) is 7.17. The molecule has 1 fully saturated rings. The Hall–Kier alpha value is -3.13. The van der Waals surface area contributed by atoms with Crippen molar-refractivity contribution in [3.8, 4) is 11.5 Å². The minimum Gasteiger partial charge on any atom is -0.485 e. The van der Waals surface area contributed by atoms with Gasteiger partial charge in [-0.15, -0.1) is 0 Å². The normalized spacial score (nSPS) is 18.9. The average Bonchev–Trinajstić information content (AvgIpc) is 2.75. The number of nitrogens with one attached hydrogen (secondary N) is 2. The number of hydrogen-bond acceptors (Lipinski definition) is 4. The fraction of sp³-hybridized carbons (Fsp3) is 0.333. The number of amides is 2. The van der Waals surface area contributed by atoms with Crippen LogP contribution in [0.1, 0.15) is 0 Å². The van der Waals surface area contributed by atoms with Crippen molar-refractivity contribution in [2.75, 3.05) is 44.6 Å². The van der Waals surface area contributed by atoms with Crippen LogP contribution >= 0.6 is 0 Å². The van der Waals surface area contributed by atoms with E-state index in [0.29, 0.717) is 49.9 Å². The molecule has 2 N–H and O–H groups in total. The molecule has 29 heavy (non-hydrogen) atoms. The summed E-state index contributed by atoms with van der Waals surface area (Å²) >= 11 is 0. The summed E-state index contributed by atoms with van der Waals surface area (Å²) in [6, 6.07) is 13.0. The average molecular weight is 400 g/mol. The van der Waals surface area contributed by atoms with Crippen LogP contribution in [-0.4, -0.2) is 62.1 Å². The summed E-state index contributed by atoms with van der Waals surface area (Å²) in [5, 5.41) is 2.77. The summed E-state index contributed by atoms with van der Waals surface area (Å²) in [6.07, 6.45) is -0.645. The van der Waals surface area contributed by atoms with Gasteiger partial charge in [0.1, 0.15) is 12.4 Å². The van der Waals surface area contributed by atoms with Gasteiger partial charge in [0.05, 0.1) is 26.2 Å². The molecule has 2 aliphatic rings. The zero-order valence-electron chi connectivity index (χ0n) is 15.9. The maximum atomic E-state index is 12.9. The number of ether oxygens (including phenoxy) is 2. The van der Waals surface area contributed by atoms with Gasteiger partial charge in [-0.2, -0.15) is 0 Å². The van der Waals surface area contributed by atoms with Gasteiger partial charge in [0.15, 0.2) is 18.0 Å². The van der Waals surface area contributed by atoms with Gasteiger partial charge in [-0.1, -0.05) is 12.1 Å². The molecular formula is C21H23FN3O4+. The SMILES string of the molecule is O=C(C[NH+]1CCN(C(=O)[C@@H]2COc3ccccc3O2)CC1)Nc1ccc(F)cc1. The van der Waals surface area contributed by atoms with Gasteiger partial charge in [0, 0.05) is 5.69 Å². The molecule has 2 amide bonds. The maximum absolute atomic E-state index is 12.9. The van der Waals surface area contributed by atoms with E-state index < -0.39 is 6.10 Å². The minimum absolute atomic E-state index is 0.0886. The lowest BCUT2D eigenvalue weighted by Crippen LogP contribution is -3.15. The molecule has 2 aliphatic heterocycles. The number of fused-ring (bicyclic) bond motifs is 1. The zero-order valence-corrected chi connectivity index (χ0v) is 15.9. The number of quaternary nitrogens is 1. The molecule has 0 aromatic heterocycles. The van der Waals surface area contributed by atoms with E-state index in [1.54, 1.807) is 11.0 Å². The number of anilines is 1. The Labute approximate surface area is 168 Å². The fourth-order valence-corrected chi connectivity index (χ4v) is 3.53. The maximum Gasteiger partial charge on any atom is 0.279 e. The van der Waals surface area contributed by atoms with Crippen LogP contribution in [-0.2, 0) is 9.59 Å². The van der Waals surface area contributed by atoms with Crippen LogP contribution in [0.3, 0.4) is 0 Å². The lowest BCUT2D eigenvalue weighted by atomic mass is 10.2. The smallest absolute Gasteiger partial charge is 0.279 e. The zero-order chi connectivity index (χ0) is 20.2. The quantitative estimate of drug-likeness (QED) is 0.776. The van der Waals surface area contributed by atoms with Gasteiger partial charge in [-0.3, -0.25) is 9.59 Å². The summed E-state index contributed by atoms with van der Waals surface area (Å²) in [4.78, 5) is 27.8. The van der Waals surface area contributed by atoms with E-state index in [1.807, 2.05) is 18.2 Å². The Kier molecular flexibility index (Phi) is 5.62. The van der Waals surface area contributed by atoms with Gasteiger partial charge in [0.25, 0.3) is 11.8 Å². The van der Waals surface area contributed by atoms with Crippen molar-refractivity contribution in [2.24, 2.45) is 0 Å². The largest absolute Gasteiger partial charge is 0.485 e. The number of carbonyl (C=O) groups is 2. The topological polar surface area (TPSA) is 72.3 Å². The fourth-order valence-electron chi connectivity index (χ4n) is 3.53. The van der Waals surface area contributed by atoms with Crippen LogP contribution in [0.4, 0.5) is 10.1 Å². The van der Waals surface area contributed by atoms with E-state index in [0.717, 1.165) is 4.90 Å². The molecule has 0 bridgehead atoms. The van der Waals surface area contributed by atoms with Crippen molar-refractivity contribution in [3.05, 3.63) is 54.3 Å². The molecule has 0 radical (unpaired) electrons. The monoisotopic (exact) mass is 400 g/mol. The molecule has 7 nitrogen and oxygen atoms in total. The van der Waals surface area contributed by atoms with E-state index in [-0.39, 0.29) is 24.2 Å². The van der Waals surface area contributed by atoms with E-state index in [1.165, 1.54) is 24.3 Å². The molecule has 8 heteroatoms. The van der Waals surface area contributed by atoms with Crippen molar-refractivity contribution in [2.45, 2.75) is 6.10 Å². The van der Waals surface area contributed by atoms with Gasteiger partial charge in [0.2, 0.25) is 6.10 Å². The van der Waals surface area contributed by atoms with Gasteiger partial charge in [-0.05, 0) is 36.4 Å². The number of hydrogen-bond donors (Lipinski definition) is 2. The van der Waals surface area contributed by atoms with Crippen molar-refractivity contribution >= 4 is 17.5 Å². The highest BCUT2D eigenvalue weighted by Gasteiger charge is 2.34. The van der Waals surface area contributed by atoms with Gasteiger partial charge < -0.3 is 24.6 Å². The lowest BCUT2D eigenvalue weighted by molar-refractivity contribution is -0.895. The Morgan fingerprint density at radius 3 is 2.48 bits per heavy atom. The first-order valence-electron chi connectivity index (χ1n) is 9.65. The number of rotatable bonds is 4. The molecule has 0 spiro atoms. The first-order chi connectivity index (χ1) is 14.1. The number of halogens is 1. The lowest BCUT2D eigenvalue weighted by Gasteiger charge is -2.35. The summed E-state index contributed by atoms with van der Waals surface area (Å²) in [7, 11) is 0. The molecule has 1 saturated heterocycles. The van der Waals surface area contributed by atoms with Crippen LogP contribution in [0.15, 0.2) is 48.5 Å². The van der Waals surface area contributed by atoms with Crippen molar-refractivity contribution < 1.29 is 28.4 Å². The molecule has 2 aromatic rings. The number of piperazine rings is 1. The van der Waals surface area contributed by atoms with E-state index in [4.69, 9.17) is 9.47 Å². The third-order valence-electron chi connectivity index (χ3n) is 5.10. The van der Waals surface area contributed by atoms with Gasteiger partial charge in [-0.25, -0.2) is 4.39 Å². The third-order valence-corrected chi connectivity index (χ3v) is 5.10. The standard InChI is InChI=1S/C21H22FN3O4/c22-15-5-7-16(8-6-15)23-20(26)13-24-9-11-25(12-10-24)21(27)19-14-28-17-3-1-2-4-18(17)29-19/h1-8,19H,9-14H2,(H,23,26)/p+1/t19-/m0/s1. The Bertz CT molecular complexity index is 882. The predicted octanol–water partition coefficient (Wildman–Crippen LogP) is 0.331. The summed E-state index contributed by atoms with van der Waals surface area (Å²) < 4.78 is 24.4. The summed E-state index contributed by atoms with van der Waals surface area (Å²) in [6.45, 7) is 2.96. The molecule has 0 aliphatic carbocycles. The first kappa shape index (κ1) is 19.2. The predicted molar refractivity (Wildman–Crippen MR) is 104 cm³/mol. The van der Waals surface area contributed by atoms with E-state index in [9.17, 15) is 14.0 Å². The highest BCUT2D eigenvalue weighted by atomic mass is 19.1.